The van der Waals surface area contributed by atoms with Gasteiger partial charge in [-0.1, -0.05) is 30.3 Å². The molecule has 3 aromatic rings. The fourth-order valence-corrected chi connectivity index (χ4v) is 4.28. The molecule has 0 amide bonds. The van der Waals surface area contributed by atoms with Crippen molar-refractivity contribution in [1.82, 2.24) is 4.90 Å². The summed E-state index contributed by atoms with van der Waals surface area (Å²) in [6.45, 7) is 2.81. The Balaban J connectivity index is 1.18. The third-order valence-electron chi connectivity index (χ3n) is 5.20. The fraction of sp³-hybridized carbons (Fsp3) is 0.333. The van der Waals surface area contributed by atoms with Gasteiger partial charge in [-0.2, -0.15) is 11.3 Å². The average molecular weight is 410 g/mol. The molecular weight excluding hydrogens is 382 g/mol. The molecule has 1 aliphatic rings. The summed E-state index contributed by atoms with van der Waals surface area (Å²) in [5.74, 6) is 1.72. The minimum atomic E-state index is -0.489. The molecule has 0 aliphatic carbocycles. The highest BCUT2D eigenvalue weighted by Gasteiger charge is 2.22. The van der Waals surface area contributed by atoms with Gasteiger partial charge in [0.25, 0.3) is 0 Å². The highest BCUT2D eigenvalue weighted by Crippen LogP contribution is 2.26. The molecule has 0 bridgehead atoms. The molecular formula is C24H27NO3S. The molecule has 152 valence electrons. The molecule has 0 spiro atoms. The van der Waals surface area contributed by atoms with Crippen LogP contribution in [-0.2, 0) is 0 Å². The van der Waals surface area contributed by atoms with Crippen molar-refractivity contribution >= 4 is 11.3 Å². The van der Waals surface area contributed by atoms with E-state index in [-0.39, 0.29) is 6.10 Å². The second-order valence-corrected chi connectivity index (χ2v) is 8.21. The molecule has 4 rings (SSSR count). The van der Waals surface area contributed by atoms with Crippen LogP contribution >= 0.6 is 11.3 Å². The monoisotopic (exact) mass is 409 g/mol. The van der Waals surface area contributed by atoms with Crippen molar-refractivity contribution in [3.05, 3.63) is 71.4 Å². The van der Waals surface area contributed by atoms with Crippen LogP contribution in [0.15, 0.2) is 71.4 Å². The van der Waals surface area contributed by atoms with Gasteiger partial charge in [-0.15, -0.1) is 0 Å². The van der Waals surface area contributed by atoms with Gasteiger partial charge < -0.3 is 19.5 Å². The zero-order valence-corrected chi connectivity index (χ0v) is 17.3. The Morgan fingerprint density at radius 3 is 2.38 bits per heavy atom. The third-order valence-corrected chi connectivity index (χ3v) is 5.88. The molecule has 2 aromatic carbocycles. The molecule has 0 radical (unpaired) electrons. The van der Waals surface area contributed by atoms with Gasteiger partial charge in [-0.05, 0) is 65.1 Å². The van der Waals surface area contributed by atoms with E-state index in [0.717, 1.165) is 37.4 Å². The van der Waals surface area contributed by atoms with Crippen molar-refractivity contribution in [2.24, 2.45) is 0 Å². The van der Waals surface area contributed by atoms with Crippen molar-refractivity contribution in [2.75, 3.05) is 26.2 Å². The lowest BCUT2D eigenvalue weighted by Crippen LogP contribution is -2.43. The number of β-amino-alcohol motifs (C(OH)–C–C–N with tert-alkyl or cyclic N) is 1. The van der Waals surface area contributed by atoms with Crippen LogP contribution in [-0.4, -0.2) is 48.5 Å². The van der Waals surface area contributed by atoms with E-state index in [1.165, 1.54) is 11.1 Å². The first kappa shape index (κ1) is 20.0. The summed E-state index contributed by atoms with van der Waals surface area (Å²) in [4.78, 5) is 2.29. The predicted octanol–water partition coefficient (Wildman–Crippen LogP) is 4.70. The maximum atomic E-state index is 10.3. The molecule has 1 aliphatic heterocycles. The molecule has 0 saturated carbocycles. The molecule has 29 heavy (non-hydrogen) atoms. The number of rotatable bonds is 8. The van der Waals surface area contributed by atoms with Gasteiger partial charge in [0.1, 0.15) is 30.3 Å². The number of hydrogen-bond donors (Lipinski definition) is 1. The van der Waals surface area contributed by atoms with Crippen molar-refractivity contribution in [2.45, 2.75) is 25.0 Å². The van der Waals surface area contributed by atoms with Crippen molar-refractivity contribution < 1.29 is 14.6 Å². The van der Waals surface area contributed by atoms with E-state index in [9.17, 15) is 5.11 Å². The standard InChI is InChI=1S/C24H27NO3S/c26-21(17-27-22-4-2-1-3-5-22)16-25-13-10-24(11-14-25)28-23-8-6-19(7-9-23)20-12-15-29-18-20/h1-9,12,15,18,21,24,26H,10-11,13-14,16-17H2. The van der Waals surface area contributed by atoms with Crippen LogP contribution in [0.2, 0.25) is 0 Å². The van der Waals surface area contributed by atoms with Gasteiger partial charge in [0.15, 0.2) is 0 Å². The maximum Gasteiger partial charge on any atom is 0.119 e. The summed E-state index contributed by atoms with van der Waals surface area (Å²) in [5.41, 5.74) is 2.48. The van der Waals surface area contributed by atoms with Crippen LogP contribution in [0.1, 0.15) is 12.8 Å². The van der Waals surface area contributed by atoms with Crippen LogP contribution in [0, 0.1) is 0 Å². The first-order valence-electron chi connectivity index (χ1n) is 10.1. The largest absolute Gasteiger partial charge is 0.491 e. The Bertz CT molecular complexity index is 844. The number of nitrogens with zero attached hydrogens (tertiary/aromatic N) is 1. The minimum Gasteiger partial charge on any atom is -0.491 e. The van der Waals surface area contributed by atoms with E-state index in [4.69, 9.17) is 9.47 Å². The van der Waals surface area contributed by atoms with Crippen LogP contribution in [0.3, 0.4) is 0 Å². The minimum absolute atomic E-state index is 0.232. The van der Waals surface area contributed by atoms with Crippen LogP contribution in [0.4, 0.5) is 0 Å². The lowest BCUT2D eigenvalue weighted by molar-refractivity contribution is 0.0401. The summed E-state index contributed by atoms with van der Waals surface area (Å²) >= 11 is 1.71. The van der Waals surface area contributed by atoms with Crippen LogP contribution in [0.25, 0.3) is 11.1 Å². The number of aliphatic hydroxyl groups is 1. The van der Waals surface area contributed by atoms with Gasteiger partial charge in [0.2, 0.25) is 0 Å². The number of likely N-dealkylation sites (tertiary alicyclic amines) is 1. The molecule has 1 unspecified atom stereocenters. The average Bonchev–Trinajstić information content (AvgIpc) is 3.30. The highest BCUT2D eigenvalue weighted by molar-refractivity contribution is 7.08. The number of aliphatic hydroxyl groups excluding tert-OH is 1. The van der Waals surface area contributed by atoms with Gasteiger partial charge in [-0.25, -0.2) is 0 Å². The number of ether oxygens (including phenoxy) is 2. The van der Waals surface area contributed by atoms with Gasteiger partial charge in [0, 0.05) is 19.6 Å². The van der Waals surface area contributed by atoms with Gasteiger partial charge in [0.05, 0.1) is 0 Å². The zero-order valence-electron chi connectivity index (χ0n) is 16.4. The number of thiophene rings is 1. The Morgan fingerprint density at radius 2 is 1.69 bits per heavy atom. The molecule has 1 saturated heterocycles. The first-order valence-corrected chi connectivity index (χ1v) is 11.1. The molecule has 1 aromatic heterocycles. The summed E-state index contributed by atoms with van der Waals surface area (Å²) in [7, 11) is 0. The van der Waals surface area contributed by atoms with Crippen LogP contribution in [0.5, 0.6) is 11.5 Å². The second-order valence-electron chi connectivity index (χ2n) is 7.43. The zero-order chi connectivity index (χ0) is 19.9. The van der Waals surface area contributed by atoms with Gasteiger partial charge >= 0.3 is 0 Å². The Labute approximate surface area is 176 Å². The Hall–Kier alpha value is -2.34. The van der Waals surface area contributed by atoms with E-state index in [0.29, 0.717) is 13.2 Å². The number of piperidine rings is 1. The van der Waals surface area contributed by atoms with E-state index in [2.05, 4.69) is 46.0 Å². The number of para-hydroxylation sites is 1. The Morgan fingerprint density at radius 1 is 0.931 bits per heavy atom. The quantitative estimate of drug-likeness (QED) is 0.586. The third kappa shape index (κ3) is 5.82. The van der Waals surface area contributed by atoms with E-state index < -0.39 is 6.10 Å². The Kier molecular flexibility index (Phi) is 6.83. The van der Waals surface area contributed by atoms with Gasteiger partial charge in [-0.3, -0.25) is 0 Å². The summed E-state index contributed by atoms with van der Waals surface area (Å²) in [6, 6.07) is 20.1. The van der Waals surface area contributed by atoms with E-state index in [1.54, 1.807) is 11.3 Å². The molecule has 1 atom stereocenters. The molecule has 5 heteroatoms. The second kappa shape index (κ2) is 9.92. The summed E-state index contributed by atoms with van der Waals surface area (Å²) < 4.78 is 11.8. The molecule has 2 heterocycles. The maximum absolute atomic E-state index is 10.3. The molecule has 1 fully saturated rings. The van der Waals surface area contributed by atoms with Crippen molar-refractivity contribution in [3.63, 3.8) is 0 Å². The van der Waals surface area contributed by atoms with E-state index >= 15 is 0 Å². The topological polar surface area (TPSA) is 41.9 Å². The molecule has 1 N–H and O–H groups in total. The van der Waals surface area contributed by atoms with Crippen LogP contribution < -0.4 is 9.47 Å². The highest BCUT2D eigenvalue weighted by atomic mass is 32.1. The number of hydrogen-bond acceptors (Lipinski definition) is 5. The smallest absolute Gasteiger partial charge is 0.119 e. The fourth-order valence-electron chi connectivity index (χ4n) is 3.62. The van der Waals surface area contributed by atoms with E-state index in [1.807, 2.05) is 30.3 Å². The first-order chi connectivity index (χ1) is 14.3. The normalized spacial score (nSPS) is 16.4. The lowest BCUT2D eigenvalue weighted by Gasteiger charge is -2.33. The SMILES string of the molecule is OC(COc1ccccc1)CN1CCC(Oc2ccc(-c3ccsc3)cc2)CC1. The number of benzene rings is 2. The predicted molar refractivity (Wildman–Crippen MR) is 118 cm³/mol. The lowest BCUT2D eigenvalue weighted by atomic mass is 10.1. The molecule has 4 nitrogen and oxygen atoms in total. The summed E-state index contributed by atoms with van der Waals surface area (Å²) in [6.07, 6.45) is 1.69. The van der Waals surface area contributed by atoms with Crippen molar-refractivity contribution in [3.8, 4) is 22.6 Å². The van der Waals surface area contributed by atoms with Crippen molar-refractivity contribution in [1.29, 1.82) is 0 Å². The summed E-state index contributed by atoms with van der Waals surface area (Å²) in [5, 5.41) is 14.5.